The molecule has 0 amide bonds. The summed E-state index contributed by atoms with van der Waals surface area (Å²) >= 11 is 5.98. The van der Waals surface area contributed by atoms with Crippen LogP contribution in [0.25, 0.3) is 0 Å². The molecule has 1 aliphatic rings. The maximum atomic E-state index is 5.98. The van der Waals surface area contributed by atoms with Crippen LogP contribution >= 0.6 is 11.6 Å². The van der Waals surface area contributed by atoms with Gasteiger partial charge in [-0.25, -0.2) is 0 Å². The van der Waals surface area contributed by atoms with E-state index in [-0.39, 0.29) is 5.60 Å². The fourth-order valence-corrected chi connectivity index (χ4v) is 2.18. The number of hydrogen-bond acceptors (Lipinski definition) is 2. The minimum absolute atomic E-state index is 0.0628. The number of methoxy groups -OCH3 is 1. The van der Waals surface area contributed by atoms with Gasteiger partial charge < -0.3 is 9.47 Å². The van der Waals surface area contributed by atoms with Gasteiger partial charge in [0, 0.05) is 5.02 Å². The Morgan fingerprint density at radius 3 is 2.81 bits per heavy atom. The van der Waals surface area contributed by atoms with E-state index in [1.54, 1.807) is 7.11 Å². The van der Waals surface area contributed by atoms with Crippen LogP contribution in [0.4, 0.5) is 0 Å². The maximum absolute atomic E-state index is 5.98. The molecule has 0 spiro atoms. The molecule has 1 heterocycles. The fourth-order valence-electron chi connectivity index (χ4n) is 1.99. The molecule has 1 aliphatic heterocycles. The van der Waals surface area contributed by atoms with E-state index in [2.05, 4.69) is 6.92 Å². The zero-order chi connectivity index (χ0) is 11.6. The number of rotatable bonds is 4. The Morgan fingerprint density at radius 2 is 2.25 bits per heavy atom. The predicted octanol–water partition coefficient (Wildman–Crippen LogP) is 3.46. The highest BCUT2D eigenvalue weighted by Crippen LogP contribution is 2.32. The molecular weight excluding hydrogens is 224 g/mol. The molecule has 0 N–H and O–H groups in total. The van der Waals surface area contributed by atoms with Crippen LogP contribution in [0.5, 0.6) is 5.75 Å². The Kier molecular flexibility index (Phi) is 3.41. The van der Waals surface area contributed by atoms with Gasteiger partial charge in [-0.1, -0.05) is 11.6 Å². The molecule has 0 aliphatic carbocycles. The molecule has 1 unspecified atom stereocenters. The van der Waals surface area contributed by atoms with Crippen LogP contribution < -0.4 is 4.74 Å². The summed E-state index contributed by atoms with van der Waals surface area (Å²) in [6, 6.07) is 5.75. The van der Waals surface area contributed by atoms with E-state index in [1.807, 2.05) is 18.2 Å². The second kappa shape index (κ2) is 4.64. The van der Waals surface area contributed by atoms with Crippen LogP contribution in [0.1, 0.15) is 25.3 Å². The van der Waals surface area contributed by atoms with Gasteiger partial charge >= 0.3 is 0 Å². The number of halogens is 1. The van der Waals surface area contributed by atoms with Gasteiger partial charge in [-0.3, -0.25) is 0 Å². The van der Waals surface area contributed by atoms with Crippen molar-refractivity contribution in [3.05, 3.63) is 28.8 Å². The van der Waals surface area contributed by atoms with Crippen molar-refractivity contribution in [3.63, 3.8) is 0 Å². The number of ether oxygens (including phenoxy) is 2. The first-order valence-corrected chi connectivity index (χ1v) is 5.97. The average molecular weight is 241 g/mol. The first kappa shape index (κ1) is 11.7. The van der Waals surface area contributed by atoms with Crippen molar-refractivity contribution in [2.45, 2.75) is 31.8 Å². The van der Waals surface area contributed by atoms with E-state index in [1.165, 1.54) is 0 Å². The molecule has 0 radical (unpaired) electrons. The molecular formula is C13H17ClO2. The van der Waals surface area contributed by atoms with Crippen LogP contribution in [0.15, 0.2) is 18.2 Å². The summed E-state index contributed by atoms with van der Waals surface area (Å²) in [6.07, 6.45) is 3.11. The Labute approximate surface area is 102 Å². The largest absolute Gasteiger partial charge is 0.496 e. The zero-order valence-corrected chi connectivity index (χ0v) is 10.5. The lowest BCUT2D eigenvalue weighted by molar-refractivity contribution is -0.137. The van der Waals surface area contributed by atoms with Crippen molar-refractivity contribution in [2.24, 2.45) is 0 Å². The number of aryl methyl sites for hydroxylation is 1. The second-order valence-corrected chi connectivity index (χ2v) is 4.94. The van der Waals surface area contributed by atoms with Gasteiger partial charge in [0.15, 0.2) is 0 Å². The molecule has 1 fully saturated rings. The van der Waals surface area contributed by atoms with Gasteiger partial charge in [0.05, 0.1) is 19.3 Å². The van der Waals surface area contributed by atoms with Crippen LogP contribution in [0, 0.1) is 0 Å². The highest BCUT2D eigenvalue weighted by molar-refractivity contribution is 6.30. The second-order valence-electron chi connectivity index (χ2n) is 4.50. The monoisotopic (exact) mass is 240 g/mol. The third-order valence-electron chi connectivity index (χ3n) is 3.25. The summed E-state index contributed by atoms with van der Waals surface area (Å²) in [7, 11) is 1.69. The smallest absolute Gasteiger partial charge is 0.122 e. The summed E-state index contributed by atoms with van der Waals surface area (Å²) in [5, 5.41) is 0.760. The Hall–Kier alpha value is -0.730. The molecule has 88 valence electrons. The summed E-state index contributed by atoms with van der Waals surface area (Å²) in [4.78, 5) is 0. The van der Waals surface area contributed by atoms with E-state index >= 15 is 0 Å². The van der Waals surface area contributed by atoms with E-state index in [0.717, 1.165) is 42.2 Å². The summed E-state index contributed by atoms with van der Waals surface area (Å²) in [5.74, 6) is 0.910. The third-order valence-corrected chi connectivity index (χ3v) is 3.48. The lowest BCUT2D eigenvalue weighted by Gasteiger charge is -2.38. The van der Waals surface area contributed by atoms with Gasteiger partial charge in [-0.15, -0.1) is 0 Å². The van der Waals surface area contributed by atoms with Crippen LogP contribution in [-0.2, 0) is 11.2 Å². The Bertz CT molecular complexity index is 372. The van der Waals surface area contributed by atoms with Gasteiger partial charge in [-0.2, -0.15) is 0 Å². The summed E-state index contributed by atoms with van der Waals surface area (Å²) < 4.78 is 10.9. The van der Waals surface area contributed by atoms with Crippen molar-refractivity contribution in [2.75, 3.05) is 13.7 Å². The maximum Gasteiger partial charge on any atom is 0.122 e. The minimum Gasteiger partial charge on any atom is -0.496 e. The first-order chi connectivity index (χ1) is 7.63. The summed E-state index contributed by atoms with van der Waals surface area (Å²) in [6.45, 7) is 3.05. The first-order valence-electron chi connectivity index (χ1n) is 5.59. The van der Waals surface area contributed by atoms with E-state index in [9.17, 15) is 0 Å². The Morgan fingerprint density at radius 1 is 1.50 bits per heavy atom. The van der Waals surface area contributed by atoms with Crippen molar-refractivity contribution in [1.82, 2.24) is 0 Å². The van der Waals surface area contributed by atoms with Gasteiger partial charge in [0.1, 0.15) is 5.75 Å². The highest BCUT2D eigenvalue weighted by atomic mass is 35.5. The predicted molar refractivity (Wildman–Crippen MR) is 65.3 cm³/mol. The van der Waals surface area contributed by atoms with Crippen LogP contribution in [0.3, 0.4) is 0 Å². The van der Waals surface area contributed by atoms with Crippen LogP contribution in [0.2, 0.25) is 5.02 Å². The molecule has 0 aromatic heterocycles. The lowest BCUT2D eigenvalue weighted by Crippen LogP contribution is -2.40. The SMILES string of the molecule is COc1ccc(Cl)cc1CCC1(C)CCO1. The van der Waals surface area contributed by atoms with Gasteiger partial charge in [0.2, 0.25) is 0 Å². The molecule has 1 saturated heterocycles. The third kappa shape index (κ3) is 2.50. The molecule has 2 nitrogen and oxygen atoms in total. The van der Waals surface area contributed by atoms with E-state index < -0.39 is 0 Å². The Balaban J connectivity index is 2.04. The van der Waals surface area contributed by atoms with Gasteiger partial charge in [0.25, 0.3) is 0 Å². The van der Waals surface area contributed by atoms with Crippen molar-refractivity contribution in [1.29, 1.82) is 0 Å². The topological polar surface area (TPSA) is 18.5 Å². The molecule has 1 aromatic carbocycles. The lowest BCUT2D eigenvalue weighted by atomic mass is 9.90. The molecule has 2 rings (SSSR count). The highest BCUT2D eigenvalue weighted by Gasteiger charge is 2.32. The fraction of sp³-hybridized carbons (Fsp3) is 0.538. The van der Waals surface area contributed by atoms with Crippen molar-refractivity contribution in [3.8, 4) is 5.75 Å². The minimum atomic E-state index is 0.0628. The zero-order valence-electron chi connectivity index (χ0n) is 9.75. The van der Waals surface area contributed by atoms with Gasteiger partial charge in [-0.05, 0) is 49.9 Å². The molecule has 3 heteroatoms. The molecule has 1 aromatic rings. The quantitative estimate of drug-likeness (QED) is 0.803. The van der Waals surface area contributed by atoms with E-state index in [0.29, 0.717) is 0 Å². The number of benzene rings is 1. The normalized spacial score (nSPS) is 23.9. The van der Waals surface area contributed by atoms with E-state index in [4.69, 9.17) is 21.1 Å². The average Bonchev–Trinajstić information content (AvgIpc) is 2.24. The molecule has 0 bridgehead atoms. The summed E-state index contributed by atoms with van der Waals surface area (Å²) in [5.41, 5.74) is 1.22. The molecule has 1 atom stereocenters. The van der Waals surface area contributed by atoms with Crippen LogP contribution in [-0.4, -0.2) is 19.3 Å². The van der Waals surface area contributed by atoms with Crippen molar-refractivity contribution < 1.29 is 9.47 Å². The molecule has 0 saturated carbocycles. The standard InChI is InChI=1S/C13H17ClO2/c1-13(7-8-16-13)6-5-10-9-11(14)3-4-12(10)15-2/h3-4,9H,5-8H2,1-2H3. The number of hydrogen-bond donors (Lipinski definition) is 0. The molecule has 16 heavy (non-hydrogen) atoms. The van der Waals surface area contributed by atoms with Crippen molar-refractivity contribution >= 4 is 11.6 Å².